The van der Waals surface area contributed by atoms with Gasteiger partial charge in [-0.1, -0.05) is 32.8 Å². The van der Waals surface area contributed by atoms with Gasteiger partial charge in [0.2, 0.25) is 0 Å². The van der Waals surface area contributed by atoms with Gasteiger partial charge >= 0.3 is 0 Å². The zero-order valence-corrected chi connectivity index (χ0v) is 12.5. The minimum absolute atomic E-state index is 0.393. The number of anilines is 1. The minimum atomic E-state index is 0.393. The third-order valence-corrected chi connectivity index (χ3v) is 4.28. The van der Waals surface area contributed by atoms with Crippen molar-refractivity contribution >= 4 is 17.4 Å². The van der Waals surface area contributed by atoms with Crippen molar-refractivity contribution in [2.75, 3.05) is 11.6 Å². The summed E-state index contributed by atoms with van der Waals surface area (Å²) in [7, 11) is 0. The van der Waals surface area contributed by atoms with Crippen molar-refractivity contribution < 1.29 is 0 Å². The number of benzene rings is 1. The number of hydrogen-bond acceptors (Lipinski definition) is 3. The molecule has 0 fully saturated rings. The molecule has 1 unspecified atom stereocenters. The van der Waals surface area contributed by atoms with E-state index < -0.39 is 0 Å². The van der Waals surface area contributed by atoms with Gasteiger partial charge in [0.15, 0.2) is 0 Å². The van der Waals surface area contributed by atoms with Crippen LogP contribution in [0.15, 0.2) is 23.1 Å². The second-order valence-electron chi connectivity index (χ2n) is 4.50. The fourth-order valence-corrected chi connectivity index (χ4v) is 2.87. The number of nitrogens with one attached hydrogen (secondary N) is 1. The largest absolute Gasteiger partial charge is 0.381 e. The molecule has 3 heteroatoms. The second-order valence-corrected chi connectivity index (χ2v) is 5.35. The maximum Gasteiger partial charge on any atom is 0.102 e. The molecular weight excluding hydrogens is 240 g/mol. The summed E-state index contributed by atoms with van der Waals surface area (Å²) in [6.07, 6.45) is 4.33. The Bertz CT molecular complexity index is 419. The van der Waals surface area contributed by atoms with E-state index in [0.29, 0.717) is 12.0 Å². The smallest absolute Gasteiger partial charge is 0.102 e. The summed E-state index contributed by atoms with van der Waals surface area (Å²) >= 11 is 1.62. The molecule has 98 valence electrons. The zero-order valence-electron chi connectivity index (χ0n) is 11.7. The van der Waals surface area contributed by atoms with Crippen molar-refractivity contribution in [3.63, 3.8) is 0 Å². The quantitative estimate of drug-likeness (QED) is 0.766. The normalized spacial score (nSPS) is 12.2. The molecule has 18 heavy (non-hydrogen) atoms. The summed E-state index contributed by atoms with van der Waals surface area (Å²) in [6.45, 7) is 6.64. The predicted molar refractivity (Wildman–Crippen MR) is 80.1 cm³/mol. The molecule has 1 aromatic rings. The standard InChI is InChI=1S/C15H22N2S/c1-5-12(6-2)11(3)17-14-8-7-9-15(18-4)13(14)10-16/h7-9,11-12,17H,5-6H2,1-4H3. The molecule has 0 aromatic heterocycles. The Morgan fingerprint density at radius 2 is 2.00 bits per heavy atom. The van der Waals surface area contributed by atoms with Gasteiger partial charge in [-0.15, -0.1) is 11.8 Å². The second kappa shape index (κ2) is 7.33. The highest BCUT2D eigenvalue weighted by atomic mass is 32.2. The summed E-state index contributed by atoms with van der Waals surface area (Å²) in [6, 6.07) is 8.71. The Hall–Kier alpha value is -1.14. The highest BCUT2D eigenvalue weighted by Gasteiger charge is 2.15. The Kier molecular flexibility index (Phi) is 6.07. The molecule has 0 aliphatic heterocycles. The van der Waals surface area contributed by atoms with E-state index in [9.17, 15) is 5.26 Å². The van der Waals surface area contributed by atoms with Crippen LogP contribution in [-0.4, -0.2) is 12.3 Å². The molecule has 0 aliphatic rings. The molecule has 0 spiro atoms. The maximum atomic E-state index is 9.29. The van der Waals surface area contributed by atoms with Crippen LogP contribution in [0, 0.1) is 17.2 Å². The summed E-state index contributed by atoms with van der Waals surface area (Å²) in [5.74, 6) is 0.648. The van der Waals surface area contributed by atoms with Crippen LogP contribution in [0.3, 0.4) is 0 Å². The number of thioether (sulfide) groups is 1. The van der Waals surface area contributed by atoms with Gasteiger partial charge in [-0.25, -0.2) is 0 Å². The SMILES string of the molecule is CCC(CC)C(C)Nc1cccc(SC)c1C#N. The Labute approximate surface area is 115 Å². The van der Waals surface area contributed by atoms with Gasteiger partial charge in [0.25, 0.3) is 0 Å². The summed E-state index contributed by atoms with van der Waals surface area (Å²) in [5, 5.41) is 12.8. The molecule has 0 saturated carbocycles. The van der Waals surface area contributed by atoms with Crippen molar-refractivity contribution in [3.8, 4) is 6.07 Å². The number of nitrogens with zero attached hydrogens (tertiary/aromatic N) is 1. The molecule has 0 bridgehead atoms. The van der Waals surface area contributed by atoms with Gasteiger partial charge in [0, 0.05) is 10.9 Å². The van der Waals surface area contributed by atoms with Gasteiger partial charge < -0.3 is 5.32 Å². The van der Waals surface area contributed by atoms with Crippen molar-refractivity contribution in [1.82, 2.24) is 0 Å². The lowest BCUT2D eigenvalue weighted by Crippen LogP contribution is -2.25. The monoisotopic (exact) mass is 262 g/mol. The Morgan fingerprint density at radius 1 is 1.33 bits per heavy atom. The number of rotatable bonds is 6. The van der Waals surface area contributed by atoms with Crippen LogP contribution in [0.2, 0.25) is 0 Å². The summed E-state index contributed by atoms with van der Waals surface area (Å²) in [5.41, 5.74) is 1.73. The number of hydrogen-bond donors (Lipinski definition) is 1. The predicted octanol–water partition coefficient (Wildman–Crippen LogP) is 4.52. The molecule has 1 atom stereocenters. The fraction of sp³-hybridized carbons (Fsp3) is 0.533. The van der Waals surface area contributed by atoms with E-state index in [1.807, 2.05) is 24.5 Å². The lowest BCUT2D eigenvalue weighted by atomic mass is 9.95. The average molecular weight is 262 g/mol. The zero-order chi connectivity index (χ0) is 13.5. The van der Waals surface area contributed by atoms with Gasteiger partial charge in [-0.3, -0.25) is 0 Å². The maximum absolute atomic E-state index is 9.29. The molecular formula is C15H22N2S. The first-order valence-corrected chi connectivity index (χ1v) is 7.73. The molecule has 0 saturated heterocycles. The lowest BCUT2D eigenvalue weighted by Gasteiger charge is -2.24. The van der Waals surface area contributed by atoms with Crippen LogP contribution in [-0.2, 0) is 0 Å². The van der Waals surface area contributed by atoms with Crippen LogP contribution in [0.5, 0.6) is 0 Å². The topological polar surface area (TPSA) is 35.8 Å². The van der Waals surface area contributed by atoms with Crippen LogP contribution >= 0.6 is 11.8 Å². The van der Waals surface area contributed by atoms with Gasteiger partial charge in [0.05, 0.1) is 11.3 Å². The van der Waals surface area contributed by atoms with Gasteiger partial charge in [0.1, 0.15) is 6.07 Å². The van der Waals surface area contributed by atoms with Crippen LogP contribution < -0.4 is 5.32 Å². The van der Waals surface area contributed by atoms with E-state index >= 15 is 0 Å². The Morgan fingerprint density at radius 3 is 2.50 bits per heavy atom. The van der Waals surface area contributed by atoms with Gasteiger partial charge in [-0.2, -0.15) is 5.26 Å². The number of nitriles is 1. The van der Waals surface area contributed by atoms with E-state index in [1.54, 1.807) is 11.8 Å². The first kappa shape index (κ1) is 14.9. The first-order chi connectivity index (χ1) is 8.67. The fourth-order valence-electron chi connectivity index (χ4n) is 2.30. The van der Waals surface area contributed by atoms with E-state index in [1.165, 1.54) is 0 Å². The molecule has 1 rings (SSSR count). The molecule has 0 heterocycles. The molecule has 0 radical (unpaired) electrons. The van der Waals surface area contributed by atoms with E-state index in [-0.39, 0.29) is 0 Å². The molecule has 2 nitrogen and oxygen atoms in total. The van der Waals surface area contributed by atoms with Crippen molar-refractivity contribution in [2.24, 2.45) is 5.92 Å². The summed E-state index contributed by atoms with van der Waals surface area (Å²) in [4.78, 5) is 1.04. The molecule has 0 aliphatic carbocycles. The minimum Gasteiger partial charge on any atom is -0.381 e. The molecule has 1 N–H and O–H groups in total. The van der Waals surface area contributed by atoms with E-state index in [4.69, 9.17) is 0 Å². The van der Waals surface area contributed by atoms with Crippen molar-refractivity contribution in [1.29, 1.82) is 5.26 Å². The highest BCUT2D eigenvalue weighted by Crippen LogP contribution is 2.28. The van der Waals surface area contributed by atoms with Crippen molar-refractivity contribution in [3.05, 3.63) is 23.8 Å². The van der Waals surface area contributed by atoms with Crippen LogP contribution in [0.25, 0.3) is 0 Å². The van der Waals surface area contributed by atoms with Crippen LogP contribution in [0.4, 0.5) is 5.69 Å². The first-order valence-electron chi connectivity index (χ1n) is 6.51. The third kappa shape index (κ3) is 3.43. The third-order valence-electron chi connectivity index (χ3n) is 3.50. The van der Waals surface area contributed by atoms with Crippen LogP contribution in [0.1, 0.15) is 39.2 Å². The molecule has 0 amide bonds. The van der Waals surface area contributed by atoms with Crippen molar-refractivity contribution in [2.45, 2.75) is 44.6 Å². The summed E-state index contributed by atoms with van der Waals surface area (Å²) < 4.78 is 0. The average Bonchev–Trinajstić information content (AvgIpc) is 2.39. The lowest BCUT2D eigenvalue weighted by molar-refractivity contribution is 0.438. The Balaban J connectivity index is 2.94. The van der Waals surface area contributed by atoms with E-state index in [2.05, 4.69) is 32.2 Å². The molecule has 1 aromatic carbocycles. The highest BCUT2D eigenvalue weighted by molar-refractivity contribution is 7.98. The van der Waals surface area contributed by atoms with E-state index in [0.717, 1.165) is 29.0 Å². The van der Waals surface area contributed by atoms with Gasteiger partial charge in [-0.05, 0) is 31.2 Å².